The Hall–Kier alpha value is -3.13. The van der Waals surface area contributed by atoms with Crippen LogP contribution in [0.4, 0.5) is 0 Å². The Bertz CT molecular complexity index is 993. The lowest BCUT2D eigenvalue weighted by Gasteiger charge is -2.29. The lowest BCUT2D eigenvalue weighted by atomic mass is 10.1. The van der Waals surface area contributed by atoms with Crippen LogP contribution < -0.4 is 15.4 Å². The largest absolute Gasteiger partial charge is 0.497 e. The highest BCUT2D eigenvalue weighted by atomic mass is 16.5. The number of likely N-dealkylation sites (tertiary alicyclic amines) is 1. The van der Waals surface area contributed by atoms with Crippen molar-refractivity contribution in [3.05, 3.63) is 60.0 Å². The van der Waals surface area contributed by atoms with Gasteiger partial charge in [-0.15, -0.1) is 10.2 Å². The zero-order valence-corrected chi connectivity index (χ0v) is 18.3. The first kappa shape index (κ1) is 21.1. The van der Waals surface area contributed by atoms with Crippen LogP contribution in [0.2, 0.25) is 0 Å². The van der Waals surface area contributed by atoms with Crippen molar-refractivity contribution in [2.75, 3.05) is 40.3 Å². The molecule has 2 aromatic heterocycles. The molecule has 1 fully saturated rings. The fourth-order valence-electron chi connectivity index (χ4n) is 4.11. The Balaban J connectivity index is 1.34. The summed E-state index contributed by atoms with van der Waals surface area (Å²) in [6.07, 6.45) is 5.27. The van der Waals surface area contributed by atoms with E-state index in [-0.39, 0.29) is 0 Å². The van der Waals surface area contributed by atoms with Crippen molar-refractivity contribution in [1.82, 2.24) is 30.1 Å². The topological polar surface area (TPSA) is 79.1 Å². The number of ether oxygens (including phenoxy) is 1. The van der Waals surface area contributed by atoms with Gasteiger partial charge in [-0.05, 0) is 55.8 Å². The van der Waals surface area contributed by atoms with Gasteiger partial charge in [-0.25, -0.2) is 0 Å². The molecular weight excluding hydrogens is 390 g/mol. The number of nitrogens with zero attached hydrogens (tertiary/aromatic N) is 5. The monoisotopic (exact) mass is 421 g/mol. The second kappa shape index (κ2) is 10.3. The van der Waals surface area contributed by atoms with E-state index in [4.69, 9.17) is 4.74 Å². The van der Waals surface area contributed by atoms with Crippen LogP contribution in [-0.2, 0) is 6.42 Å². The van der Waals surface area contributed by atoms with E-state index in [1.165, 1.54) is 18.4 Å². The van der Waals surface area contributed by atoms with Gasteiger partial charge in [0.05, 0.1) is 13.2 Å². The summed E-state index contributed by atoms with van der Waals surface area (Å²) in [6, 6.07) is 14.6. The predicted molar refractivity (Wildman–Crippen MR) is 123 cm³/mol. The number of rotatable bonds is 8. The zero-order chi connectivity index (χ0) is 21.5. The van der Waals surface area contributed by atoms with Crippen molar-refractivity contribution >= 4 is 11.6 Å². The van der Waals surface area contributed by atoms with Crippen LogP contribution in [0.15, 0.2) is 53.7 Å². The quantitative estimate of drug-likeness (QED) is 0.429. The first-order valence-electron chi connectivity index (χ1n) is 10.9. The second-order valence-corrected chi connectivity index (χ2v) is 7.71. The van der Waals surface area contributed by atoms with E-state index < -0.39 is 0 Å². The predicted octanol–water partition coefficient (Wildman–Crippen LogP) is 2.28. The van der Waals surface area contributed by atoms with E-state index in [0.717, 1.165) is 55.8 Å². The van der Waals surface area contributed by atoms with E-state index >= 15 is 0 Å². The third-order valence-corrected chi connectivity index (χ3v) is 5.79. The molecule has 1 unspecified atom stereocenters. The molecule has 164 valence electrons. The van der Waals surface area contributed by atoms with Crippen LogP contribution in [0.3, 0.4) is 0 Å². The summed E-state index contributed by atoms with van der Waals surface area (Å²) in [5, 5.41) is 15.4. The molecule has 0 radical (unpaired) electrons. The highest BCUT2D eigenvalue weighted by molar-refractivity contribution is 5.79. The maximum absolute atomic E-state index is 5.32. The van der Waals surface area contributed by atoms with Gasteiger partial charge >= 0.3 is 0 Å². The number of pyridine rings is 1. The zero-order valence-electron chi connectivity index (χ0n) is 18.3. The van der Waals surface area contributed by atoms with Crippen LogP contribution in [0.1, 0.15) is 30.3 Å². The molecular formula is C23H31N7O. The molecule has 8 heteroatoms. The highest BCUT2D eigenvalue weighted by Crippen LogP contribution is 2.26. The molecule has 3 aromatic rings. The molecule has 31 heavy (non-hydrogen) atoms. The average Bonchev–Trinajstić information content (AvgIpc) is 3.49. The van der Waals surface area contributed by atoms with Crippen molar-refractivity contribution in [2.45, 2.75) is 25.3 Å². The Morgan fingerprint density at radius 3 is 2.65 bits per heavy atom. The van der Waals surface area contributed by atoms with Crippen LogP contribution in [0.5, 0.6) is 5.75 Å². The van der Waals surface area contributed by atoms with Gasteiger partial charge in [-0.1, -0.05) is 18.2 Å². The van der Waals surface area contributed by atoms with E-state index in [2.05, 4.69) is 42.9 Å². The Kier molecular flexibility index (Phi) is 6.99. The molecule has 1 aliphatic rings. The summed E-state index contributed by atoms with van der Waals surface area (Å²) in [4.78, 5) is 6.95. The molecule has 3 heterocycles. The van der Waals surface area contributed by atoms with Crippen molar-refractivity contribution < 1.29 is 4.74 Å². The van der Waals surface area contributed by atoms with Crippen LogP contribution in [0, 0.1) is 0 Å². The van der Waals surface area contributed by atoms with Gasteiger partial charge in [-0.2, -0.15) is 0 Å². The van der Waals surface area contributed by atoms with Crippen LogP contribution in [0.25, 0.3) is 5.65 Å². The Morgan fingerprint density at radius 1 is 1.10 bits per heavy atom. The third-order valence-electron chi connectivity index (χ3n) is 5.79. The summed E-state index contributed by atoms with van der Waals surface area (Å²) in [5.74, 6) is 2.62. The molecule has 8 nitrogen and oxygen atoms in total. The van der Waals surface area contributed by atoms with Gasteiger partial charge in [-0.3, -0.25) is 14.3 Å². The van der Waals surface area contributed by atoms with Gasteiger partial charge in [0.25, 0.3) is 0 Å². The van der Waals surface area contributed by atoms with Crippen LogP contribution >= 0.6 is 0 Å². The first-order valence-corrected chi connectivity index (χ1v) is 10.9. The van der Waals surface area contributed by atoms with Crippen molar-refractivity contribution in [3.63, 3.8) is 0 Å². The number of nitrogens with one attached hydrogen (secondary N) is 2. The molecule has 0 amide bonds. The van der Waals surface area contributed by atoms with E-state index in [9.17, 15) is 0 Å². The van der Waals surface area contributed by atoms with Gasteiger partial charge in [0, 0.05) is 32.8 Å². The second-order valence-electron chi connectivity index (χ2n) is 7.71. The minimum atomic E-state index is 0.299. The maximum Gasteiger partial charge on any atom is 0.191 e. The number of aliphatic imine (C=N–C) groups is 1. The fourth-order valence-corrected chi connectivity index (χ4v) is 4.11. The first-order chi connectivity index (χ1) is 15.3. The number of hydrogen-bond donors (Lipinski definition) is 2. The van der Waals surface area contributed by atoms with E-state index in [1.807, 2.05) is 40.9 Å². The Labute approximate surface area is 183 Å². The summed E-state index contributed by atoms with van der Waals surface area (Å²) in [7, 11) is 3.51. The molecule has 0 bridgehead atoms. The van der Waals surface area contributed by atoms with Gasteiger partial charge in [0.2, 0.25) is 0 Å². The molecule has 1 aromatic carbocycles. The van der Waals surface area contributed by atoms with Crippen molar-refractivity contribution in [2.24, 2.45) is 4.99 Å². The molecule has 2 N–H and O–H groups in total. The SMILES string of the molecule is CN=C(NCCc1nnc2ccccn12)NCC(c1ccc(OC)cc1)N1CCCC1. The third kappa shape index (κ3) is 5.14. The van der Waals surface area contributed by atoms with E-state index in [1.54, 1.807) is 14.2 Å². The number of guanidine groups is 1. The number of methoxy groups -OCH3 is 1. The van der Waals surface area contributed by atoms with Crippen molar-refractivity contribution in [3.8, 4) is 5.75 Å². The summed E-state index contributed by atoms with van der Waals surface area (Å²) >= 11 is 0. The molecule has 0 saturated carbocycles. The van der Waals surface area contributed by atoms with Gasteiger partial charge in [0.1, 0.15) is 11.6 Å². The van der Waals surface area contributed by atoms with E-state index in [0.29, 0.717) is 6.04 Å². The van der Waals surface area contributed by atoms with Gasteiger partial charge in [0.15, 0.2) is 11.6 Å². The smallest absolute Gasteiger partial charge is 0.191 e. The molecule has 4 rings (SSSR count). The number of aromatic nitrogens is 3. The highest BCUT2D eigenvalue weighted by Gasteiger charge is 2.23. The molecule has 0 spiro atoms. The lowest BCUT2D eigenvalue weighted by Crippen LogP contribution is -2.43. The fraction of sp³-hybridized carbons (Fsp3) is 0.435. The Morgan fingerprint density at radius 2 is 1.90 bits per heavy atom. The summed E-state index contributed by atoms with van der Waals surface area (Å²) < 4.78 is 7.34. The van der Waals surface area contributed by atoms with Crippen molar-refractivity contribution in [1.29, 1.82) is 0 Å². The summed E-state index contributed by atoms with van der Waals surface area (Å²) in [6.45, 7) is 3.78. The standard InChI is InChI=1S/C23H31N7O/c1-24-23(25-13-12-22-28-27-21-7-3-4-16-30(21)22)26-17-20(29-14-5-6-15-29)18-8-10-19(31-2)11-9-18/h3-4,7-11,16,20H,5-6,12-15,17H2,1-2H3,(H2,24,25,26). The molecule has 1 atom stereocenters. The summed E-state index contributed by atoms with van der Waals surface area (Å²) in [5.41, 5.74) is 2.16. The van der Waals surface area contributed by atoms with Gasteiger partial charge < -0.3 is 15.4 Å². The molecule has 0 aliphatic carbocycles. The van der Waals surface area contributed by atoms with Crippen LogP contribution in [-0.4, -0.2) is 65.8 Å². The maximum atomic E-state index is 5.32. The minimum absolute atomic E-state index is 0.299. The molecule has 1 saturated heterocycles. The minimum Gasteiger partial charge on any atom is -0.497 e. The number of fused-ring (bicyclic) bond motifs is 1. The number of hydrogen-bond acceptors (Lipinski definition) is 5. The number of benzene rings is 1. The average molecular weight is 422 g/mol. The molecule has 1 aliphatic heterocycles. The normalized spacial score (nSPS) is 15.9. The lowest BCUT2D eigenvalue weighted by molar-refractivity contribution is 0.245.